The zero-order chi connectivity index (χ0) is 11.8. The predicted molar refractivity (Wildman–Crippen MR) is 66.3 cm³/mol. The third-order valence-electron chi connectivity index (χ3n) is 3.14. The molecule has 86 valence electrons. The Bertz CT molecular complexity index is 417. The van der Waals surface area contributed by atoms with Crippen molar-refractivity contribution >= 4 is 21.8 Å². The topological polar surface area (TPSA) is 33.2 Å². The minimum absolute atomic E-state index is 0.0354. The summed E-state index contributed by atoms with van der Waals surface area (Å²) >= 11 is 3.32. The smallest absolute Gasteiger partial charge is 0.257 e. The number of hydrogen-bond acceptors (Lipinski definition) is 2. The molecule has 2 heterocycles. The molecule has 16 heavy (non-hydrogen) atoms. The molecule has 0 N–H and O–H groups in total. The van der Waals surface area contributed by atoms with Gasteiger partial charge in [0.1, 0.15) is 4.60 Å². The summed E-state index contributed by atoms with van der Waals surface area (Å²) in [6, 6.07) is 3.61. The number of likely N-dealkylation sites (tertiary alicyclic amines) is 1. The number of aromatic nitrogens is 1. The number of carbonyl (C=O) groups excluding carboxylic acids is 1. The monoisotopic (exact) mass is 282 g/mol. The Labute approximate surface area is 104 Å². The molecule has 0 aliphatic carbocycles. The maximum absolute atomic E-state index is 12.3. The Morgan fingerprint density at radius 1 is 1.56 bits per heavy atom. The van der Waals surface area contributed by atoms with Crippen molar-refractivity contribution in [2.24, 2.45) is 0 Å². The molecule has 1 fully saturated rings. The third kappa shape index (κ3) is 1.98. The van der Waals surface area contributed by atoms with Crippen molar-refractivity contribution in [2.75, 3.05) is 6.54 Å². The van der Waals surface area contributed by atoms with Crippen molar-refractivity contribution in [1.29, 1.82) is 0 Å². The number of hydrogen-bond donors (Lipinski definition) is 0. The van der Waals surface area contributed by atoms with Crippen LogP contribution < -0.4 is 0 Å². The van der Waals surface area contributed by atoms with Gasteiger partial charge in [0.05, 0.1) is 5.56 Å². The second kappa shape index (κ2) is 4.17. The van der Waals surface area contributed by atoms with Crippen molar-refractivity contribution < 1.29 is 4.79 Å². The van der Waals surface area contributed by atoms with Crippen LogP contribution in [0.5, 0.6) is 0 Å². The van der Waals surface area contributed by atoms with Gasteiger partial charge in [0.15, 0.2) is 0 Å². The molecule has 0 atom stereocenters. The number of amides is 1. The average molecular weight is 283 g/mol. The largest absolute Gasteiger partial charge is 0.333 e. The lowest BCUT2D eigenvalue weighted by Gasteiger charge is -2.31. The van der Waals surface area contributed by atoms with Crippen molar-refractivity contribution in [2.45, 2.75) is 32.2 Å². The van der Waals surface area contributed by atoms with Crippen LogP contribution in [-0.2, 0) is 0 Å². The van der Waals surface area contributed by atoms with Gasteiger partial charge in [-0.1, -0.05) is 0 Å². The first-order valence-corrected chi connectivity index (χ1v) is 6.24. The summed E-state index contributed by atoms with van der Waals surface area (Å²) < 4.78 is 0.628. The predicted octanol–water partition coefficient (Wildman–Crippen LogP) is 2.86. The highest BCUT2D eigenvalue weighted by molar-refractivity contribution is 9.10. The number of carbonyl (C=O) groups is 1. The van der Waals surface area contributed by atoms with Crippen LogP contribution in [0.3, 0.4) is 0 Å². The third-order valence-corrected chi connectivity index (χ3v) is 3.77. The second-order valence-electron chi connectivity index (χ2n) is 4.71. The van der Waals surface area contributed by atoms with Crippen LogP contribution in [0.15, 0.2) is 22.9 Å². The fraction of sp³-hybridized carbons (Fsp3) is 0.500. The van der Waals surface area contributed by atoms with Gasteiger partial charge >= 0.3 is 0 Å². The van der Waals surface area contributed by atoms with E-state index in [1.165, 1.54) is 0 Å². The molecule has 1 aliphatic rings. The van der Waals surface area contributed by atoms with Crippen LogP contribution in [-0.4, -0.2) is 27.9 Å². The highest BCUT2D eigenvalue weighted by Crippen LogP contribution is 2.30. The van der Waals surface area contributed by atoms with E-state index >= 15 is 0 Å². The van der Waals surface area contributed by atoms with Gasteiger partial charge in [0.2, 0.25) is 0 Å². The maximum Gasteiger partial charge on any atom is 0.257 e. The van der Waals surface area contributed by atoms with Crippen molar-refractivity contribution in [3.8, 4) is 0 Å². The molecule has 1 aliphatic heterocycles. The highest BCUT2D eigenvalue weighted by Gasteiger charge is 2.36. The second-order valence-corrected chi connectivity index (χ2v) is 5.47. The van der Waals surface area contributed by atoms with Gasteiger partial charge in [-0.25, -0.2) is 4.98 Å². The Morgan fingerprint density at radius 2 is 2.31 bits per heavy atom. The average Bonchev–Trinajstić information content (AvgIpc) is 2.58. The number of pyridine rings is 1. The molecule has 1 amide bonds. The van der Waals surface area contributed by atoms with E-state index in [0.29, 0.717) is 10.2 Å². The van der Waals surface area contributed by atoms with Crippen molar-refractivity contribution in [3.63, 3.8) is 0 Å². The molecule has 1 aromatic heterocycles. The van der Waals surface area contributed by atoms with Gasteiger partial charge in [0.25, 0.3) is 5.91 Å². The Balaban J connectivity index is 2.30. The van der Waals surface area contributed by atoms with E-state index < -0.39 is 0 Å². The molecule has 1 aromatic rings. The summed E-state index contributed by atoms with van der Waals surface area (Å²) in [5.41, 5.74) is 0.615. The first-order chi connectivity index (χ1) is 7.52. The minimum Gasteiger partial charge on any atom is -0.333 e. The molecule has 0 spiro atoms. The summed E-state index contributed by atoms with van der Waals surface area (Å²) in [6.45, 7) is 5.07. The molecular weight excluding hydrogens is 268 g/mol. The molecule has 0 saturated carbocycles. The van der Waals surface area contributed by atoms with Crippen LogP contribution in [0.1, 0.15) is 37.0 Å². The van der Waals surface area contributed by atoms with Crippen LogP contribution in [0.2, 0.25) is 0 Å². The van der Waals surface area contributed by atoms with Crippen LogP contribution in [0.4, 0.5) is 0 Å². The summed E-state index contributed by atoms with van der Waals surface area (Å²) in [6.07, 6.45) is 3.82. The lowest BCUT2D eigenvalue weighted by Crippen LogP contribution is -2.42. The van der Waals surface area contributed by atoms with Crippen LogP contribution in [0, 0.1) is 0 Å². The maximum atomic E-state index is 12.3. The normalized spacial score (nSPS) is 18.8. The molecule has 4 heteroatoms. The summed E-state index contributed by atoms with van der Waals surface area (Å²) in [5.74, 6) is 0.0717. The van der Waals surface area contributed by atoms with Crippen LogP contribution >= 0.6 is 15.9 Å². The Hall–Kier alpha value is -0.900. The lowest BCUT2D eigenvalue weighted by atomic mass is 10.0. The van der Waals surface area contributed by atoms with Crippen molar-refractivity contribution in [1.82, 2.24) is 9.88 Å². The van der Waals surface area contributed by atoms with E-state index in [2.05, 4.69) is 34.8 Å². The SMILES string of the molecule is CC1(C)CCCN1C(=O)c1cccnc1Br. The summed E-state index contributed by atoms with van der Waals surface area (Å²) in [7, 11) is 0. The van der Waals surface area contributed by atoms with Gasteiger partial charge in [-0.3, -0.25) is 4.79 Å². The van der Waals surface area contributed by atoms with Crippen LogP contribution in [0.25, 0.3) is 0 Å². The zero-order valence-electron chi connectivity index (χ0n) is 9.53. The fourth-order valence-corrected chi connectivity index (χ4v) is 2.59. The molecule has 1 saturated heterocycles. The number of rotatable bonds is 1. The molecule has 0 radical (unpaired) electrons. The number of halogens is 1. The van der Waals surface area contributed by atoms with E-state index in [9.17, 15) is 4.79 Å². The minimum atomic E-state index is -0.0354. The van der Waals surface area contributed by atoms with E-state index in [1.54, 1.807) is 12.3 Å². The van der Waals surface area contributed by atoms with Gasteiger partial charge in [0, 0.05) is 18.3 Å². The first kappa shape index (κ1) is 11.6. The van der Waals surface area contributed by atoms with Gasteiger partial charge in [-0.15, -0.1) is 0 Å². The van der Waals surface area contributed by atoms with E-state index in [-0.39, 0.29) is 11.4 Å². The quantitative estimate of drug-likeness (QED) is 0.742. The molecule has 2 rings (SSSR count). The standard InChI is InChI=1S/C12H15BrN2O/c1-12(2)6-4-8-15(12)11(16)9-5-3-7-14-10(9)13/h3,5,7H,4,6,8H2,1-2H3. The zero-order valence-corrected chi connectivity index (χ0v) is 11.1. The fourth-order valence-electron chi connectivity index (χ4n) is 2.17. The van der Waals surface area contributed by atoms with E-state index in [4.69, 9.17) is 0 Å². The van der Waals surface area contributed by atoms with E-state index in [0.717, 1.165) is 19.4 Å². The van der Waals surface area contributed by atoms with Crippen molar-refractivity contribution in [3.05, 3.63) is 28.5 Å². The molecule has 0 unspecified atom stereocenters. The van der Waals surface area contributed by atoms with Gasteiger partial charge in [-0.05, 0) is 54.8 Å². The van der Waals surface area contributed by atoms with Gasteiger partial charge in [-0.2, -0.15) is 0 Å². The summed E-state index contributed by atoms with van der Waals surface area (Å²) in [4.78, 5) is 18.4. The Kier molecular flexibility index (Phi) is 3.02. The lowest BCUT2D eigenvalue weighted by molar-refractivity contribution is 0.0650. The Morgan fingerprint density at radius 3 is 2.88 bits per heavy atom. The molecular formula is C12H15BrN2O. The highest BCUT2D eigenvalue weighted by atomic mass is 79.9. The molecule has 0 aromatic carbocycles. The van der Waals surface area contributed by atoms with Gasteiger partial charge < -0.3 is 4.90 Å². The summed E-state index contributed by atoms with van der Waals surface area (Å²) in [5, 5.41) is 0. The number of nitrogens with zero attached hydrogens (tertiary/aromatic N) is 2. The van der Waals surface area contributed by atoms with E-state index in [1.807, 2.05) is 11.0 Å². The molecule has 0 bridgehead atoms. The molecule has 3 nitrogen and oxygen atoms in total. The first-order valence-electron chi connectivity index (χ1n) is 5.45.